The molecular weight excluding hydrogens is 334 g/mol. The van der Waals surface area contributed by atoms with E-state index >= 15 is 0 Å². The molecule has 0 radical (unpaired) electrons. The van der Waals surface area contributed by atoms with E-state index in [1.807, 2.05) is 0 Å². The Morgan fingerprint density at radius 3 is 2.71 bits per heavy atom. The van der Waals surface area contributed by atoms with Gasteiger partial charge in [-0.25, -0.2) is 4.68 Å². The van der Waals surface area contributed by atoms with Crippen LogP contribution in [0.4, 0.5) is 5.69 Å². The van der Waals surface area contributed by atoms with Crippen LogP contribution in [-0.4, -0.2) is 27.5 Å². The van der Waals surface area contributed by atoms with Crippen molar-refractivity contribution in [3.8, 4) is 0 Å². The topological polar surface area (TPSA) is 67.2 Å². The summed E-state index contributed by atoms with van der Waals surface area (Å²) in [5.41, 5.74) is 0.543. The molecule has 1 aliphatic carbocycles. The van der Waals surface area contributed by atoms with Crippen LogP contribution in [0.5, 0.6) is 0 Å². The van der Waals surface area contributed by atoms with Crippen LogP contribution in [0.15, 0.2) is 15.5 Å². The fourth-order valence-electron chi connectivity index (χ4n) is 2.48. The number of aliphatic hydroxyl groups excluding tert-OH is 1. The lowest BCUT2D eigenvalue weighted by molar-refractivity contribution is 0.114. The molecule has 2 N–H and O–H groups in total. The van der Waals surface area contributed by atoms with E-state index in [4.69, 9.17) is 0 Å². The van der Waals surface area contributed by atoms with Crippen molar-refractivity contribution in [1.82, 2.24) is 9.78 Å². The number of hydrogen-bond donors (Lipinski definition) is 2. The van der Waals surface area contributed by atoms with E-state index in [0.717, 1.165) is 12.8 Å². The summed E-state index contributed by atoms with van der Waals surface area (Å²) in [6.45, 7) is 5.29. The Labute approximate surface area is 133 Å². The van der Waals surface area contributed by atoms with E-state index in [2.05, 4.69) is 40.2 Å². The van der Waals surface area contributed by atoms with Crippen molar-refractivity contribution < 1.29 is 5.11 Å². The van der Waals surface area contributed by atoms with Crippen molar-refractivity contribution in [2.45, 2.75) is 52.2 Å². The highest BCUT2D eigenvalue weighted by molar-refractivity contribution is 9.10. The van der Waals surface area contributed by atoms with Crippen molar-refractivity contribution >= 4 is 21.6 Å². The summed E-state index contributed by atoms with van der Waals surface area (Å²) < 4.78 is 2.01. The summed E-state index contributed by atoms with van der Waals surface area (Å²) in [6.07, 6.45) is 5.51. The highest BCUT2D eigenvalue weighted by Gasteiger charge is 2.23. The quantitative estimate of drug-likeness (QED) is 0.750. The van der Waals surface area contributed by atoms with Crippen LogP contribution in [0.2, 0.25) is 0 Å². The Kier molecular flexibility index (Phi) is 5.81. The van der Waals surface area contributed by atoms with Crippen LogP contribution >= 0.6 is 15.9 Å². The van der Waals surface area contributed by atoms with Gasteiger partial charge in [0.25, 0.3) is 5.56 Å². The number of rotatable bonds is 8. The zero-order chi connectivity index (χ0) is 15.4. The molecule has 0 spiro atoms. The molecule has 0 bridgehead atoms. The van der Waals surface area contributed by atoms with Crippen molar-refractivity contribution in [3.63, 3.8) is 0 Å². The fraction of sp³-hybridized carbons (Fsp3) is 0.733. The maximum atomic E-state index is 12.2. The van der Waals surface area contributed by atoms with Gasteiger partial charge in [0.05, 0.1) is 18.0 Å². The lowest BCUT2D eigenvalue weighted by Gasteiger charge is -2.21. The smallest absolute Gasteiger partial charge is 0.283 e. The first kappa shape index (κ1) is 16.5. The molecule has 1 atom stereocenters. The van der Waals surface area contributed by atoms with Gasteiger partial charge in [0.2, 0.25) is 0 Å². The Bertz CT molecular complexity index is 524. The minimum Gasteiger partial charge on any atom is -0.391 e. The van der Waals surface area contributed by atoms with Gasteiger partial charge in [-0.05, 0) is 40.6 Å². The Balaban J connectivity index is 2.00. The Hall–Kier alpha value is -0.880. The average Bonchev–Trinajstić information content (AvgIpc) is 3.28. The molecule has 0 saturated heterocycles. The highest BCUT2D eigenvalue weighted by Crippen LogP contribution is 2.30. The summed E-state index contributed by atoms with van der Waals surface area (Å²) in [5, 5.41) is 17.5. The lowest BCUT2D eigenvalue weighted by Crippen LogP contribution is -2.30. The second kappa shape index (κ2) is 7.40. The Morgan fingerprint density at radius 2 is 2.14 bits per heavy atom. The predicted octanol–water partition coefficient (Wildman–Crippen LogP) is 2.62. The third-order valence-corrected chi connectivity index (χ3v) is 4.97. The van der Waals surface area contributed by atoms with Crippen molar-refractivity contribution in [2.24, 2.45) is 11.8 Å². The van der Waals surface area contributed by atoms with Crippen LogP contribution in [0.3, 0.4) is 0 Å². The molecule has 21 heavy (non-hydrogen) atoms. The number of aliphatic hydroxyl groups is 1. The lowest BCUT2D eigenvalue weighted by atomic mass is 9.96. The summed E-state index contributed by atoms with van der Waals surface area (Å²) >= 11 is 3.35. The van der Waals surface area contributed by atoms with E-state index < -0.39 is 6.10 Å². The van der Waals surface area contributed by atoms with Crippen LogP contribution in [-0.2, 0) is 6.54 Å². The van der Waals surface area contributed by atoms with Crippen LogP contribution in [0.25, 0.3) is 0 Å². The molecule has 1 aromatic heterocycles. The van der Waals surface area contributed by atoms with E-state index in [-0.39, 0.29) is 11.5 Å². The number of nitrogens with one attached hydrogen (secondary N) is 1. The van der Waals surface area contributed by atoms with Gasteiger partial charge >= 0.3 is 0 Å². The largest absolute Gasteiger partial charge is 0.391 e. The minimum atomic E-state index is -0.416. The van der Waals surface area contributed by atoms with E-state index in [1.165, 1.54) is 17.5 Å². The zero-order valence-electron chi connectivity index (χ0n) is 12.7. The van der Waals surface area contributed by atoms with E-state index in [9.17, 15) is 9.90 Å². The number of aromatic nitrogens is 2. The molecule has 5 nitrogen and oxygen atoms in total. The molecule has 0 amide bonds. The molecule has 1 saturated carbocycles. The third-order valence-electron chi connectivity index (χ3n) is 4.21. The van der Waals surface area contributed by atoms with Gasteiger partial charge in [0, 0.05) is 13.1 Å². The molecule has 2 rings (SSSR count). The molecule has 1 aromatic rings. The first-order valence-corrected chi connectivity index (χ1v) is 8.53. The zero-order valence-corrected chi connectivity index (χ0v) is 14.3. The van der Waals surface area contributed by atoms with Gasteiger partial charge in [0.15, 0.2) is 0 Å². The summed E-state index contributed by atoms with van der Waals surface area (Å²) in [6, 6.07) is 0. The van der Waals surface area contributed by atoms with Crippen LogP contribution < -0.4 is 10.9 Å². The van der Waals surface area contributed by atoms with Crippen molar-refractivity contribution in [1.29, 1.82) is 0 Å². The maximum Gasteiger partial charge on any atom is 0.283 e. The minimum absolute atomic E-state index is 0.107. The summed E-state index contributed by atoms with van der Waals surface area (Å²) in [7, 11) is 0. The van der Waals surface area contributed by atoms with Crippen molar-refractivity contribution in [3.05, 3.63) is 21.0 Å². The standard InChI is InChI=1S/C15H24BrN3O2/c1-3-11(4-2)13(20)8-17-12-7-18-19(9-10-5-6-10)15(21)14(12)16/h7,10-11,13,17,20H,3-6,8-9H2,1-2H3. The fourth-order valence-corrected chi connectivity index (χ4v) is 2.92. The van der Waals surface area contributed by atoms with Crippen LogP contribution in [0, 0.1) is 11.8 Å². The second-order valence-corrected chi connectivity index (χ2v) is 6.62. The van der Waals surface area contributed by atoms with Gasteiger partial charge in [-0.3, -0.25) is 4.79 Å². The second-order valence-electron chi connectivity index (χ2n) is 5.83. The SMILES string of the molecule is CCC(CC)C(O)CNc1cnn(CC2CC2)c(=O)c1Br. The molecule has 1 aliphatic rings. The van der Waals surface area contributed by atoms with Crippen LogP contribution in [0.1, 0.15) is 39.5 Å². The van der Waals surface area contributed by atoms with Gasteiger partial charge in [0.1, 0.15) is 4.47 Å². The van der Waals surface area contributed by atoms with E-state index in [0.29, 0.717) is 29.2 Å². The first-order chi connectivity index (χ1) is 10.1. The summed E-state index contributed by atoms with van der Waals surface area (Å²) in [5.74, 6) is 0.886. The molecule has 1 heterocycles. The first-order valence-electron chi connectivity index (χ1n) is 7.74. The predicted molar refractivity (Wildman–Crippen MR) is 87.5 cm³/mol. The van der Waals surface area contributed by atoms with Crippen molar-refractivity contribution in [2.75, 3.05) is 11.9 Å². The maximum absolute atomic E-state index is 12.2. The number of nitrogens with zero attached hydrogens (tertiary/aromatic N) is 2. The van der Waals surface area contributed by atoms with Gasteiger partial charge in [-0.15, -0.1) is 0 Å². The summed E-state index contributed by atoms with van der Waals surface area (Å²) in [4.78, 5) is 12.2. The average molecular weight is 358 g/mol. The van der Waals surface area contributed by atoms with Gasteiger partial charge in [-0.2, -0.15) is 5.10 Å². The molecule has 6 heteroatoms. The molecular formula is C15H24BrN3O2. The highest BCUT2D eigenvalue weighted by atomic mass is 79.9. The Morgan fingerprint density at radius 1 is 1.48 bits per heavy atom. The molecule has 118 valence electrons. The number of anilines is 1. The van der Waals surface area contributed by atoms with Gasteiger partial charge < -0.3 is 10.4 Å². The normalized spacial score (nSPS) is 16.2. The third kappa shape index (κ3) is 4.30. The monoisotopic (exact) mass is 357 g/mol. The molecule has 1 unspecified atom stereocenters. The number of hydrogen-bond acceptors (Lipinski definition) is 4. The van der Waals surface area contributed by atoms with E-state index in [1.54, 1.807) is 6.20 Å². The molecule has 0 aromatic carbocycles. The van der Waals surface area contributed by atoms with Gasteiger partial charge in [-0.1, -0.05) is 26.7 Å². The number of halogens is 1. The molecule has 1 fully saturated rings. The molecule has 0 aliphatic heterocycles.